The molecule has 0 atom stereocenters. The lowest BCUT2D eigenvalue weighted by atomic mass is 10.2. The fraction of sp³-hybridized carbons (Fsp3) is 0.267. The zero-order chi connectivity index (χ0) is 16.2. The minimum Gasteiger partial charge on any atom is -0.275 e. The second kappa shape index (κ2) is 7.09. The Labute approximate surface area is 135 Å². The van der Waals surface area contributed by atoms with Gasteiger partial charge in [0, 0.05) is 42.3 Å². The fourth-order valence-electron chi connectivity index (χ4n) is 1.96. The Balaban J connectivity index is 2.14. The van der Waals surface area contributed by atoms with Crippen LogP contribution >= 0.6 is 11.6 Å². The van der Waals surface area contributed by atoms with Gasteiger partial charge in [-0.15, -0.1) is 0 Å². The van der Waals surface area contributed by atoms with Gasteiger partial charge in [-0.1, -0.05) is 30.7 Å². The average Bonchev–Trinajstić information content (AvgIpc) is 2.89. The highest BCUT2D eigenvalue weighted by molar-refractivity contribution is 7.92. The van der Waals surface area contributed by atoms with E-state index in [1.165, 1.54) is 9.71 Å². The van der Waals surface area contributed by atoms with Crippen molar-refractivity contribution in [2.75, 3.05) is 6.54 Å². The molecule has 1 aromatic heterocycles. The van der Waals surface area contributed by atoms with Gasteiger partial charge in [0.1, 0.15) is 0 Å². The van der Waals surface area contributed by atoms with E-state index >= 15 is 0 Å². The van der Waals surface area contributed by atoms with E-state index < -0.39 is 10.0 Å². The Morgan fingerprint density at radius 1 is 1.32 bits per heavy atom. The van der Waals surface area contributed by atoms with Crippen molar-refractivity contribution in [2.24, 2.45) is 7.05 Å². The van der Waals surface area contributed by atoms with Crippen molar-refractivity contribution in [1.82, 2.24) is 14.1 Å². The minimum atomic E-state index is -3.49. The van der Waals surface area contributed by atoms with Crippen LogP contribution in [0.1, 0.15) is 18.1 Å². The molecule has 5 nitrogen and oxygen atoms in total. The van der Waals surface area contributed by atoms with Gasteiger partial charge in [0.15, 0.2) is 0 Å². The Hall–Kier alpha value is -1.63. The maximum Gasteiger partial charge on any atom is 0.236 e. The Morgan fingerprint density at radius 2 is 2.00 bits per heavy atom. The summed E-state index contributed by atoms with van der Waals surface area (Å²) in [6.45, 7) is 2.50. The Bertz CT molecular complexity index is 751. The average molecular weight is 340 g/mol. The molecule has 0 unspecified atom stereocenters. The third-order valence-electron chi connectivity index (χ3n) is 3.13. The molecule has 2 aromatic rings. The molecule has 118 valence electrons. The van der Waals surface area contributed by atoms with Crippen LogP contribution in [-0.4, -0.2) is 29.0 Å². The molecule has 0 spiro atoms. The first-order valence-corrected chi connectivity index (χ1v) is 8.70. The van der Waals surface area contributed by atoms with Crippen LogP contribution < -0.4 is 0 Å². The van der Waals surface area contributed by atoms with E-state index in [0.717, 1.165) is 11.1 Å². The summed E-state index contributed by atoms with van der Waals surface area (Å²) >= 11 is 5.81. The fourth-order valence-corrected chi connectivity index (χ4v) is 3.28. The summed E-state index contributed by atoms with van der Waals surface area (Å²) in [5, 5.41) is 5.89. The van der Waals surface area contributed by atoms with Crippen molar-refractivity contribution in [3.63, 3.8) is 0 Å². The van der Waals surface area contributed by atoms with Gasteiger partial charge in [0.2, 0.25) is 10.0 Å². The normalized spacial score (nSPS) is 12.4. The van der Waals surface area contributed by atoms with Crippen LogP contribution in [0.15, 0.2) is 42.1 Å². The van der Waals surface area contributed by atoms with Gasteiger partial charge < -0.3 is 0 Å². The number of nitrogens with zero attached hydrogens (tertiary/aromatic N) is 3. The molecule has 0 aliphatic carbocycles. The number of benzene rings is 1. The largest absolute Gasteiger partial charge is 0.275 e. The quantitative estimate of drug-likeness (QED) is 0.813. The second-order valence-electron chi connectivity index (χ2n) is 4.85. The third kappa shape index (κ3) is 4.43. The van der Waals surface area contributed by atoms with Gasteiger partial charge in [-0.3, -0.25) is 4.68 Å². The number of rotatable bonds is 6. The molecule has 0 fully saturated rings. The highest BCUT2D eigenvalue weighted by Gasteiger charge is 2.18. The van der Waals surface area contributed by atoms with Crippen LogP contribution in [0, 0.1) is 0 Å². The number of hydrogen-bond acceptors (Lipinski definition) is 3. The van der Waals surface area contributed by atoms with E-state index in [2.05, 4.69) is 5.10 Å². The third-order valence-corrected chi connectivity index (χ3v) is 4.97. The molecule has 1 aromatic carbocycles. The molecular formula is C15H18ClN3O2S. The van der Waals surface area contributed by atoms with Crippen LogP contribution in [0.25, 0.3) is 6.08 Å². The Kier molecular flexibility index (Phi) is 5.39. The lowest BCUT2D eigenvalue weighted by Crippen LogP contribution is -2.28. The number of aromatic nitrogens is 2. The zero-order valence-corrected chi connectivity index (χ0v) is 14.0. The lowest BCUT2D eigenvalue weighted by molar-refractivity contribution is 0.430. The maximum absolute atomic E-state index is 12.4. The van der Waals surface area contributed by atoms with Gasteiger partial charge in [-0.25, -0.2) is 8.42 Å². The highest BCUT2D eigenvalue weighted by Crippen LogP contribution is 2.14. The Morgan fingerprint density at radius 3 is 2.55 bits per heavy atom. The van der Waals surface area contributed by atoms with Crippen LogP contribution in [-0.2, 0) is 23.6 Å². The van der Waals surface area contributed by atoms with Crippen molar-refractivity contribution < 1.29 is 8.42 Å². The summed E-state index contributed by atoms with van der Waals surface area (Å²) in [5.41, 5.74) is 1.64. The predicted octanol–water partition coefficient (Wildman–Crippen LogP) is 2.90. The topological polar surface area (TPSA) is 55.2 Å². The summed E-state index contributed by atoms with van der Waals surface area (Å²) in [5.74, 6) is 0. The summed E-state index contributed by atoms with van der Waals surface area (Å²) in [6, 6.07) is 6.99. The van der Waals surface area contributed by atoms with Crippen molar-refractivity contribution in [2.45, 2.75) is 13.5 Å². The molecule has 0 saturated carbocycles. The molecule has 7 heteroatoms. The van der Waals surface area contributed by atoms with Gasteiger partial charge >= 0.3 is 0 Å². The molecule has 0 N–H and O–H groups in total. The SMILES string of the molecule is CCN(Cc1cnn(C)c1)S(=O)(=O)C=Cc1ccc(Cl)cc1. The van der Waals surface area contributed by atoms with E-state index in [-0.39, 0.29) is 0 Å². The number of sulfonamides is 1. The standard InChI is InChI=1S/C15H18ClN3O2S/c1-3-19(12-14-10-17-18(2)11-14)22(20,21)9-8-13-4-6-15(16)7-5-13/h4-11H,3,12H2,1-2H3. The molecule has 0 saturated heterocycles. The van der Waals surface area contributed by atoms with E-state index in [4.69, 9.17) is 11.6 Å². The molecule has 0 amide bonds. The molecular weight excluding hydrogens is 322 g/mol. The number of halogens is 1. The summed E-state index contributed by atoms with van der Waals surface area (Å²) < 4.78 is 27.8. The van der Waals surface area contributed by atoms with Gasteiger partial charge in [0.25, 0.3) is 0 Å². The van der Waals surface area contributed by atoms with Gasteiger partial charge in [0.05, 0.1) is 6.20 Å². The van der Waals surface area contributed by atoms with Crippen LogP contribution in [0.2, 0.25) is 5.02 Å². The predicted molar refractivity (Wildman–Crippen MR) is 88.7 cm³/mol. The van der Waals surface area contributed by atoms with Crippen LogP contribution in [0.3, 0.4) is 0 Å². The molecule has 0 aliphatic heterocycles. The summed E-state index contributed by atoms with van der Waals surface area (Å²) in [7, 11) is -1.69. The van der Waals surface area contributed by atoms with Gasteiger partial charge in [-0.05, 0) is 23.8 Å². The first-order chi connectivity index (χ1) is 10.4. The molecule has 0 radical (unpaired) electrons. The van der Waals surface area contributed by atoms with Crippen molar-refractivity contribution in [3.8, 4) is 0 Å². The molecule has 1 heterocycles. The van der Waals surface area contributed by atoms with Crippen LogP contribution in [0.5, 0.6) is 0 Å². The van der Waals surface area contributed by atoms with Crippen molar-refractivity contribution in [3.05, 3.63) is 58.2 Å². The smallest absolute Gasteiger partial charge is 0.236 e. The molecule has 22 heavy (non-hydrogen) atoms. The summed E-state index contributed by atoms with van der Waals surface area (Å²) in [6.07, 6.45) is 5.04. The van der Waals surface area contributed by atoms with E-state index in [1.54, 1.807) is 54.5 Å². The lowest BCUT2D eigenvalue weighted by Gasteiger charge is -2.17. The number of aryl methyl sites for hydroxylation is 1. The molecule has 0 aliphatic rings. The zero-order valence-electron chi connectivity index (χ0n) is 12.5. The monoisotopic (exact) mass is 339 g/mol. The van der Waals surface area contributed by atoms with Gasteiger partial charge in [-0.2, -0.15) is 9.40 Å². The van der Waals surface area contributed by atoms with Crippen molar-refractivity contribution >= 4 is 27.7 Å². The second-order valence-corrected chi connectivity index (χ2v) is 7.10. The molecule has 2 rings (SSSR count). The van der Waals surface area contributed by atoms with Crippen LogP contribution in [0.4, 0.5) is 0 Å². The highest BCUT2D eigenvalue weighted by atomic mass is 35.5. The maximum atomic E-state index is 12.4. The number of hydrogen-bond donors (Lipinski definition) is 0. The van der Waals surface area contributed by atoms with Crippen molar-refractivity contribution in [1.29, 1.82) is 0 Å². The van der Waals surface area contributed by atoms with E-state index in [1.807, 2.05) is 6.92 Å². The summed E-state index contributed by atoms with van der Waals surface area (Å²) in [4.78, 5) is 0. The minimum absolute atomic E-state index is 0.303. The first-order valence-electron chi connectivity index (χ1n) is 6.82. The first kappa shape index (κ1) is 16.7. The molecule has 0 bridgehead atoms. The van der Waals surface area contributed by atoms with E-state index in [0.29, 0.717) is 18.1 Å². The van der Waals surface area contributed by atoms with E-state index in [9.17, 15) is 8.42 Å².